The third-order valence-electron chi connectivity index (χ3n) is 6.28. The molecule has 2 aromatic rings. The number of fused-ring (bicyclic) bond motifs is 2. The summed E-state index contributed by atoms with van der Waals surface area (Å²) < 4.78 is 85.8. The molecule has 2 bridgehead atoms. The van der Waals surface area contributed by atoms with Gasteiger partial charge in [0.05, 0.1) is 17.0 Å². The SMILES string of the molecule is CCOC(=O)c1nc(C(=O)N2[C@H]3CC[C@H]2CC3)c(-c2cnc(NC(C)C(F)(F)F)cc2C(F)(F)F)s1. The molecule has 0 spiro atoms. The highest BCUT2D eigenvalue weighted by Crippen LogP contribution is 2.44. The number of alkyl halides is 6. The number of carbonyl (C=O) groups excluding carboxylic acids is 2. The quantitative estimate of drug-likeness (QED) is 0.386. The number of halogens is 6. The molecular formula is C22H22F6N4O3S. The highest BCUT2D eigenvalue weighted by Gasteiger charge is 2.45. The van der Waals surface area contributed by atoms with Gasteiger partial charge in [0.1, 0.15) is 17.6 Å². The molecule has 2 aliphatic heterocycles. The van der Waals surface area contributed by atoms with Crippen LogP contribution >= 0.6 is 11.3 Å². The Morgan fingerprint density at radius 1 is 1.17 bits per heavy atom. The summed E-state index contributed by atoms with van der Waals surface area (Å²) in [5, 5.41) is 1.61. The van der Waals surface area contributed by atoms with Gasteiger partial charge in [-0.3, -0.25) is 4.79 Å². The van der Waals surface area contributed by atoms with Gasteiger partial charge in [0, 0.05) is 23.8 Å². The third-order valence-corrected chi connectivity index (χ3v) is 7.35. The van der Waals surface area contributed by atoms with Gasteiger partial charge in [0.25, 0.3) is 5.91 Å². The Kier molecular flexibility index (Phi) is 6.92. The largest absolute Gasteiger partial charge is 0.461 e. The summed E-state index contributed by atoms with van der Waals surface area (Å²) in [5.41, 5.74) is -2.21. The van der Waals surface area contributed by atoms with Crippen LogP contribution in [0.3, 0.4) is 0 Å². The van der Waals surface area contributed by atoms with E-state index < -0.39 is 47.2 Å². The van der Waals surface area contributed by atoms with E-state index in [0.29, 0.717) is 17.4 Å². The average Bonchev–Trinajstić information content (AvgIpc) is 3.52. The Balaban J connectivity index is 1.81. The van der Waals surface area contributed by atoms with Crippen molar-refractivity contribution in [2.45, 2.75) is 70.0 Å². The number of thiazole rings is 1. The van der Waals surface area contributed by atoms with Crippen molar-refractivity contribution in [2.75, 3.05) is 11.9 Å². The van der Waals surface area contributed by atoms with E-state index in [0.717, 1.165) is 38.8 Å². The summed E-state index contributed by atoms with van der Waals surface area (Å²) >= 11 is 0.551. The number of nitrogens with zero attached hydrogens (tertiary/aromatic N) is 3. The van der Waals surface area contributed by atoms with Gasteiger partial charge in [-0.15, -0.1) is 11.3 Å². The van der Waals surface area contributed by atoms with E-state index in [1.807, 2.05) is 5.32 Å². The molecule has 2 fully saturated rings. The van der Waals surface area contributed by atoms with Crippen LogP contribution in [0, 0.1) is 0 Å². The Labute approximate surface area is 205 Å². The van der Waals surface area contributed by atoms with Crippen molar-refractivity contribution < 1.29 is 40.7 Å². The van der Waals surface area contributed by atoms with E-state index in [1.165, 1.54) is 0 Å². The van der Waals surface area contributed by atoms with Crippen LogP contribution in [0.1, 0.15) is 65.4 Å². The van der Waals surface area contributed by atoms with Crippen molar-refractivity contribution in [3.05, 3.63) is 28.5 Å². The minimum atomic E-state index is -5.00. The fraction of sp³-hybridized carbons (Fsp3) is 0.545. The molecule has 14 heteroatoms. The van der Waals surface area contributed by atoms with E-state index in [9.17, 15) is 35.9 Å². The average molecular weight is 536 g/mol. The van der Waals surface area contributed by atoms with Gasteiger partial charge in [-0.2, -0.15) is 26.3 Å². The Hall–Kier alpha value is -2.90. The van der Waals surface area contributed by atoms with Gasteiger partial charge < -0.3 is 15.0 Å². The van der Waals surface area contributed by atoms with E-state index in [2.05, 4.69) is 9.97 Å². The summed E-state index contributed by atoms with van der Waals surface area (Å²) in [6.07, 6.45) is -5.88. The molecular weight excluding hydrogens is 514 g/mol. The Morgan fingerprint density at radius 3 is 2.31 bits per heavy atom. The smallest absolute Gasteiger partial charge is 0.417 e. The number of nitrogens with one attached hydrogen (secondary N) is 1. The molecule has 0 radical (unpaired) electrons. The second-order valence-corrected chi connectivity index (χ2v) is 9.61. The fourth-order valence-corrected chi connectivity index (χ4v) is 5.52. The molecule has 7 nitrogen and oxygen atoms in total. The second kappa shape index (κ2) is 9.52. The van der Waals surface area contributed by atoms with Gasteiger partial charge in [-0.1, -0.05) is 0 Å². The van der Waals surface area contributed by atoms with Gasteiger partial charge in [-0.25, -0.2) is 14.8 Å². The van der Waals surface area contributed by atoms with E-state index >= 15 is 0 Å². The van der Waals surface area contributed by atoms with E-state index in [-0.39, 0.29) is 34.3 Å². The highest BCUT2D eigenvalue weighted by molar-refractivity contribution is 7.17. The zero-order valence-corrected chi connectivity index (χ0v) is 20.0. The predicted octanol–water partition coefficient (Wildman–Crippen LogP) is 5.53. The zero-order chi connectivity index (χ0) is 26.4. The van der Waals surface area contributed by atoms with Crippen LogP contribution in [-0.2, 0) is 10.9 Å². The van der Waals surface area contributed by atoms with Crippen molar-refractivity contribution >= 4 is 29.0 Å². The first-order chi connectivity index (χ1) is 16.8. The molecule has 36 heavy (non-hydrogen) atoms. The number of amides is 1. The summed E-state index contributed by atoms with van der Waals surface area (Å²) in [5.74, 6) is -2.13. The van der Waals surface area contributed by atoms with Crippen LogP contribution in [0.25, 0.3) is 10.4 Å². The molecule has 1 N–H and O–H groups in total. The molecule has 2 aliphatic rings. The zero-order valence-electron chi connectivity index (χ0n) is 19.2. The lowest BCUT2D eigenvalue weighted by Crippen LogP contribution is -2.35. The molecule has 2 aromatic heterocycles. The normalized spacial score (nSPS) is 20.5. The van der Waals surface area contributed by atoms with Crippen LogP contribution in [0.15, 0.2) is 12.3 Å². The number of hydrogen-bond donors (Lipinski definition) is 1. The molecule has 1 unspecified atom stereocenters. The summed E-state index contributed by atoms with van der Waals surface area (Å²) in [4.78, 5) is 34.9. The van der Waals surface area contributed by atoms with Gasteiger partial charge in [0.2, 0.25) is 5.01 Å². The molecule has 4 rings (SSSR count). The number of hydrogen-bond acceptors (Lipinski definition) is 7. The standard InChI is InChI=1S/C22H22F6N4O3S/c1-3-35-20(34)18-31-16(19(33)32-11-4-5-12(32)7-6-11)17(36-18)13-9-29-15(8-14(13)22(26,27)28)30-10(2)21(23,24)25/h8-12H,3-7H2,1-2H3,(H,29,30)/t10?,11-,12-. The van der Waals surface area contributed by atoms with E-state index in [1.54, 1.807) is 11.8 Å². The first-order valence-corrected chi connectivity index (χ1v) is 12.0. The first-order valence-electron chi connectivity index (χ1n) is 11.2. The molecule has 4 heterocycles. The molecule has 1 atom stereocenters. The number of rotatable bonds is 6. The summed E-state index contributed by atoms with van der Waals surface area (Å²) in [6.45, 7) is 2.28. The number of pyridine rings is 1. The number of carbonyl (C=O) groups is 2. The maximum atomic E-state index is 14.1. The molecule has 1 amide bonds. The van der Waals surface area contributed by atoms with Crippen LogP contribution in [0.4, 0.5) is 32.2 Å². The van der Waals surface area contributed by atoms with Gasteiger partial charge in [0.15, 0.2) is 0 Å². The van der Waals surface area contributed by atoms with Crippen LogP contribution in [-0.4, -0.2) is 57.7 Å². The summed E-state index contributed by atoms with van der Waals surface area (Å²) in [6, 6.07) is -1.81. The van der Waals surface area contributed by atoms with Crippen LogP contribution in [0.5, 0.6) is 0 Å². The number of esters is 1. The summed E-state index contributed by atoms with van der Waals surface area (Å²) in [7, 11) is 0. The van der Waals surface area contributed by atoms with Gasteiger partial charge >= 0.3 is 18.3 Å². The second-order valence-electron chi connectivity index (χ2n) is 8.61. The van der Waals surface area contributed by atoms with Crippen LogP contribution < -0.4 is 5.32 Å². The lowest BCUT2D eigenvalue weighted by molar-refractivity contribution is -0.138. The van der Waals surface area contributed by atoms with Crippen molar-refractivity contribution in [1.82, 2.24) is 14.9 Å². The van der Waals surface area contributed by atoms with Crippen molar-refractivity contribution in [2.24, 2.45) is 0 Å². The molecule has 0 saturated carbocycles. The maximum Gasteiger partial charge on any atom is 0.417 e. The predicted molar refractivity (Wildman–Crippen MR) is 118 cm³/mol. The van der Waals surface area contributed by atoms with Crippen molar-refractivity contribution in [3.8, 4) is 10.4 Å². The molecule has 196 valence electrons. The van der Waals surface area contributed by atoms with E-state index in [4.69, 9.17) is 4.74 Å². The number of aromatic nitrogens is 2. The number of ether oxygens (including phenoxy) is 1. The first kappa shape index (κ1) is 26.2. The third kappa shape index (κ3) is 5.00. The molecule has 0 aromatic carbocycles. The monoisotopic (exact) mass is 536 g/mol. The molecule has 0 aliphatic carbocycles. The van der Waals surface area contributed by atoms with Crippen molar-refractivity contribution in [3.63, 3.8) is 0 Å². The maximum absolute atomic E-state index is 14.1. The lowest BCUT2D eigenvalue weighted by atomic mass is 10.0. The minimum absolute atomic E-state index is 0.0135. The Morgan fingerprint density at radius 2 is 1.78 bits per heavy atom. The Bertz CT molecular complexity index is 1150. The van der Waals surface area contributed by atoms with Crippen LogP contribution in [0.2, 0.25) is 0 Å². The van der Waals surface area contributed by atoms with Gasteiger partial charge in [-0.05, 0) is 45.6 Å². The fourth-order valence-electron chi connectivity index (χ4n) is 4.55. The number of anilines is 1. The lowest BCUT2D eigenvalue weighted by Gasteiger charge is -2.22. The minimum Gasteiger partial charge on any atom is -0.461 e. The highest BCUT2D eigenvalue weighted by atomic mass is 32.1. The van der Waals surface area contributed by atoms with Crippen molar-refractivity contribution in [1.29, 1.82) is 0 Å². The topological polar surface area (TPSA) is 84.4 Å². The molecule has 2 saturated heterocycles.